The van der Waals surface area contributed by atoms with E-state index in [1.165, 1.54) is 0 Å². The van der Waals surface area contributed by atoms with E-state index in [4.69, 9.17) is 5.73 Å². The quantitative estimate of drug-likeness (QED) is 0.657. The van der Waals surface area contributed by atoms with Gasteiger partial charge < -0.3 is 16.2 Å². The van der Waals surface area contributed by atoms with E-state index in [0.29, 0.717) is 25.3 Å². The highest BCUT2D eigenvalue weighted by molar-refractivity contribution is 5.76. The molecule has 2 atom stereocenters. The van der Waals surface area contributed by atoms with Crippen molar-refractivity contribution in [2.75, 3.05) is 13.2 Å². The summed E-state index contributed by atoms with van der Waals surface area (Å²) in [7, 11) is 0. The zero-order chi connectivity index (χ0) is 14.1. The predicted octanol–water partition coefficient (Wildman–Crippen LogP) is 1.08. The van der Waals surface area contributed by atoms with Crippen LogP contribution in [0.1, 0.15) is 25.3 Å². The first kappa shape index (κ1) is 15.7. The van der Waals surface area contributed by atoms with E-state index in [9.17, 15) is 9.90 Å². The lowest BCUT2D eigenvalue weighted by Gasteiger charge is -2.17. The summed E-state index contributed by atoms with van der Waals surface area (Å²) >= 11 is 0. The van der Waals surface area contributed by atoms with Crippen LogP contribution in [0.15, 0.2) is 30.3 Å². The van der Waals surface area contributed by atoms with Crippen molar-refractivity contribution >= 4 is 5.91 Å². The number of nitrogens with one attached hydrogen (secondary N) is 1. The Morgan fingerprint density at radius 3 is 2.63 bits per heavy atom. The summed E-state index contributed by atoms with van der Waals surface area (Å²) in [5, 5.41) is 12.2. The third-order valence-electron chi connectivity index (χ3n) is 3.18. The molecule has 0 saturated carbocycles. The van der Waals surface area contributed by atoms with Crippen molar-refractivity contribution in [2.24, 2.45) is 11.7 Å². The Morgan fingerprint density at radius 2 is 2.05 bits per heavy atom. The largest absolute Gasteiger partial charge is 0.394 e. The maximum atomic E-state index is 11.8. The molecule has 106 valence electrons. The highest BCUT2D eigenvalue weighted by Gasteiger charge is 2.12. The Kier molecular flexibility index (Phi) is 7.15. The minimum atomic E-state index is -0.219. The summed E-state index contributed by atoms with van der Waals surface area (Å²) in [6.07, 6.45) is 1.89. The molecule has 1 aromatic rings. The Hall–Kier alpha value is -1.39. The fraction of sp³-hybridized carbons (Fsp3) is 0.533. The maximum Gasteiger partial charge on any atom is 0.220 e. The molecule has 0 fully saturated rings. The summed E-state index contributed by atoms with van der Waals surface area (Å²) in [5.74, 6) is 0.336. The predicted molar refractivity (Wildman–Crippen MR) is 76.6 cm³/mol. The van der Waals surface area contributed by atoms with Crippen molar-refractivity contribution in [3.63, 3.8) is 0 Å². The van der Waals surface area contributed by atoms with Crippen molar-refractivity contribution in [3.8, 4) is 0 Å². The van der Waals surface area contributed by atoms with Gasteiger partial charge in [-0.3, -0.25) is 4.79 Å². The Morgan fingerprint density at radius 1 is 1.37 bits per heavy atom. The Labute approximate surface area is 115 Å². The second-order valence-corrected chi connectivity index (χ2v) is 5.02. The molecule has 19 heavy (non-hydrogen) atoms. The van der Waals surface area contributed by atoms with Gasteiger partial charge in [-0.25, -0.2) is 0 Å². The average Bonchev–Trinajstić information content (AvgIpc) is 2.45. The number of carbonyl (C=O) groups excluding carboxylic acids is 1. The molecular formula is C15H24N2O2. The molecule has 0 spiro atoms. The van der Waals surface area contributed by atoms with E-state index in [2.05, 4.69) is 5.32 Å². The molecule has 0 saturated heterocycles. The van der Waals surface area contributed by atoms with Crippen LogP contribution in [0.25, 0.3) is 0 Å². The van der Waals surface area contributed by atoms with Crippen molar-refractivity contribution in [1.29, 1.82) is 0 Å². The molecule has 4 nitrogen and oxygen atoms in total. The lowest BCUT2D eigenvalue weighted by atomic mass is 10.0. The standard InChI is InChI=1S/C15H24N2O2/c1-12(10-16)7-8-15(19)17-14(11-18)9-13-5-3-2-4-6-13/h2-6,12,14,18H,7-11,16H2,1H3,(H,17,19)/t12?,14-/m0/s1. The number of hydrogen-bond acceptors (Lipinski definition) is 3. The average molecular weight is 264 g/mol. The van der Waals surface area contributed by atoms with Gasteiger partial charge in [-0.15, -0.1) is 0 Å². The molecule has 0 bridgehead atoms. The smallest absolute Gasteiger partial charge is 0.220 e. The van der Waals surface area contributed by atoms with Crippen LogP contribution >= 0.6 is 0 Å². The van der Waals surface area contributed by atoms with Gasteiger partial charge in [0.25, 0.3) is 0 Å². The van der Waals surface area contributed by atoms with Gasteiger partial charge in [0.15, 0.2) is 0 Å². The van der Waals surface area contributed by atoms with Crippen LogP contribution in [0, 0.1) is 5.92 Å². The molecule has 1 amide bonds. The fourth-order valence-corrected chi connectivity index (χ4v) is 1.86. The van der Waals surface area contributed by atoms with Crippen LogP contribution in [0.2, 0.25) is 0 Å². The monoisotopic (exact) mass is 264 g/mol. The molecule has 0 radical (unpaired) electrons. The van der Waals surface area contributed by atoms with Crippen LogP contribution in [-0.4, -0.2) is 30.2 Å². The molecule has 1 aromatic carbocycles. The second kappa shape index (κ2) is 8.67. The fourth-order valence-electron chi connectivity index (χ4n) is 1.86. The van der Waals surface area contributed by atoms with Gasteiger partial charge >= 0.3 is 0 Å². The van der Waals surface area contributed by atoms with E-state index in [1.54, 1.807) is 0 Å². The van der Waals surface area contributed by atoms with Crippen LogP contribution in [0.5, 0.6) is 0 Å². The topological polar surface area (TPSA) is 75.4 Å². The molecule has 0 aromatic heterocycles. The number of aliphatic hydroxyl groups is 1. The lowest BCUT2D eigenvalue weighted by Crippen LogP contribution is -2.39. The van der Waals surface area contributed by atoms with Crippen molar-refractivity contribution in [2.45, 2.75) is 32.2 Å². The minimum absolute atomic E-state index is 0.0183. The highest BCUT2D eigenvalue weighted by atomic mass is 16.3. The van der Waals surface area contributed by atoms with Gasteiger partial charge in [0, 0.05) is 6.42 Å². The van der Waals surface area contributed by atoms with Gasteiger partial charge in [0.2, 0.25) is 5.91 Å². The van der Waals surface area contributed by atoms with Crippen molar-refractivity contribution in [1.82, 2.24) is 5.32 Å². The van der Waals surface area contributed by atoms with Gasteiger partial charge in [-0.1, -0.05) is 37.3 Å². The van der Waals surface area contributed by atoms with Gasteiger partial charge in [0.1, 0.15) is 0 Å². The second-order valence-electron chi connectivity index (χ2n) is 5.02. The van der Waals surface area contributed by atoms with E-state index >= 15 is 0 Å². The third-order valence-corrected chi connectivity index (χ3v) is 3.18. The molecule has 0 heterocycles. The van der Waals surface area contributed by atoms with Crippen LogP contribution in [-0.2, 0) is 11.2 Å². The van der Waals surface area contributed by atoms with Gasteiger partial charge in [0.05, 0.1) is 12.6 Å². The zero-order valence-corrected chi connectivity index (χ0v) is 11.5. The summed E-state index contributed by atoms with van der Waals surface area (Å²) in [4.78, 5) is 11.8. The first-order valence-electron chi connectivity index (χ1n) is 6.80. The molecule has 0 aliphatic carbocycles. The van der Waals surface area contributed by atoms with E-state index in [0.717, 1.165) is 12.0 Å². The Balaban J connectivity index is 2.37. The first-order chi connectivity index (χ1) is 9.15. The number of amides is 1. The maximum absolute atomic E-state index is 11.8. The SMILES string of the molecule is CC(CN)CCC(=O)N[C@H](CO)Cc1ccccc1. The molecule has 4 heteroatoms. The normalized spacial score (nSPS) is 13.8. The van der Waals surface area contributed by atoms with Crippen molar-refractivity contribution < 1.29 is 9.90 Å². The van der Waals surface area contributed by atoms with Gasteiger partial charge in [-0.2, -0.15) is 0 Å². The zero-order valence-electron chi connectivity index (χ0n) is 11.5. The molecular weight excluding hydrogens is 240 g/mol. The molecule has 1 rings (SSSR count). The summed E-state index contributed by atoms with van der Waals surface area (Å²) < 4.78 is 0. The third kappa shape index (κ3) is 6.36. The number of hydrogen-bond donors (Lipinski definition) is 3. The van der Waals surface area contributed by atoms with Crippen molar-refractivity contribution in [3.05, 3.63) is 35.9 Å². The summed E-state index contributed by atoms with van der Waals surface area (Å²) in [6.45, 7) is 2.58. The first-order valence-corrected chi connectivity index (χ1v) is 6.80. The van der Waals surface area contributed by atoms with Crippen LogP contribution in [0.3, 0.4) is 0 Å². The number of nitrogens with two attached hydrogens (primary N) is 1. The number of rotatable bonds is 8. The summed E-state index contributed by atoms with van der Waals surface area (Å²) in [5.41, 5.74) is 6.62. The molecule has 1 unspecified atom stereocenters. The minimum Gasteiger partial charge on any atom is -0.394 e. The Bertz CT molecular complexity index is 368. The highest BCUT2D eigenvalue weighted by Crippen LogP contribution is 2.05. The van der Waals surface area contributed by atoms with Crippen LogP contribution < -0.4 is 11.1 Å². The number of aliphatic hydroxyl groups excluding tert-OH is 1. The van der Waals surface area contributed by atoms with E-state index < -0.39 is 0 Å². The van der Waals surface area contributed by atoms with Crippen LogP contribution in [0.4, 0.5) is 0 Å². The van der Waals surface area contributed by atoms with E-state index in [1.807, 2.05) is 37.3 Å². The number of carbonyl (C=O) groups is 1. The van der Waals surface area contributed by atoms with E-state index in [-0.39, 0.29) is 18.6 Å². The lowest BCUT2D eigenvalue weighted by molar-refractivity contribution is -0.122. The summed E-state index contributed by atoms with van der Waals surface area (Å²) in [6, 6.07) is 9.62. The van der Waals surface area contributed by atoms with Gasteiger partial charge in [-0.05, 0) is 30.9 Å². The number of benzene rings is 1. The molecule has 0 aliphatic heterocycles. The molecule has 4 N–H and O–H groups in total. The molecule has 0 aliphatic rings.